The zero-order chi connectivity index (χ0) is 14.7. The summed E-state index contributed by atoms with van der Waals surface area (Å²) in [5.41, 5.74) is 1.82. The van der Waals surface area contributed by atoms with E-state index < -0.39 is 0 Å². The minimum atomic E-state index is -0.146. The van der Waals surface area contributed by atoms with E-state index in [1.165, 1.54) is 0 Å². The van der Waals surface area contributed by atoms with Crippen LogP contribution < -0.4 is 5.32 Å². The number of nitrogens with one attached hydrogen (secondary N) is 1. The van der Waals surface area contributed by atoms with E-state index in [1.54, 1.807) is 6.07 Å². The van der Waals surface area contributed by atoms with Crippen molar-refractivity contribution in [2.75, 3.05) is 26.7 Å². The predicted molar refractivity (Wildman–Crippen MR) is 79.4 cm³/mol. The number of hydrogen-bond acceptors (Lipinski definition) is 3. The second-order valence-electron chi connectivity index (χ2n) is 5.92. The highest BCUT2D eigenvalue weighted by Crippen LogP contribution is 2.30. The van der Waals surface area contributed by atoms with Crippen LogP contribution >= 0.6 is 0 Å². The summed E-state index contributed by atoms with van der Waals surface area (Å²) >= 11 is 0. The number of hydrogen-bond donors (Lipinski definition) is 1. The van der Waals surface area contributed by atoms with Gasteiger partial charge in [0.25, 0.3) is 0 Å². The van der Waals surface area contributed by atoms with Crippen LogP contribution in [0, 0.1) is 12.7 Å². The molecule has 0 aliphatic carbocycles. The molecule has 0 bridgehead atoms. The van der Waals surface area contributed by atoms with Crippen molar-refractivity contribution < 1.29 is 9.13 Å². The number of nitrogens with zero attached hydrogens (tertiary/aromatic N) is 1. The van der Waals surface area contributed by atoms with E-state index in [2.05, 4.69) is 24.1 Å². The lowest BCUT2D eigenvalue weighted by atomic mass is 9.96. The van der Waals surface area contributed by atoms with Gasteiger partial charge < -0.3 is 10.1 Å². The molecule has 0 spiro atoms. The topological polar surface area (TPSA) is 24.5 Å². The molecule has 0 radical (unpaired) electrons. The quantitative estimate of drug-likeness (QED) is 0.917. The van der Waals surface area contributed by atoms with Crippen molar-refractivity contribution in [1.82, 2.24) is 10.2 Å². The summed E-state index contributed by atoms with van der Waals surface area (Å²) in [6, 6.07) is 5.67. The number of aryl methyl sites for hydroxylation is 1. The van der Waals surface area contributed by atoms with Crippen LogP contribution in [0.15, 0.2) is 18.2 Å². The Balaban J connectivity index is 2.24. The summed E-state index contributed by atoms with van der Waals surface area (Å²) < 4.78 is 20.1. The Morgan fingerprint density at radius 1 is 1.45 bits per heavy atom. The van der Waals surface area contributed by atoms with Gasteiger partial charge >= 0.3 is 0 Å². The molecule has 2 rings (SSSR count). The van der Waals surface area contributed by atoms with Gasteiger partial charge in [-0.15, -0.1) is 0 Å². The largest absolute Gasteiger partial charge is 0.374 e. The van der Waals surface area contributed by atoms with Gasteiger partial charge in [0.15, 0.2) is 0 Å². The Morgan fingerprint density at radius 3 is 2.90 bits per heavy atom. The Kier molecular flexibility index (Phi) is 5.13. The molecule has 2 unspecified atom stereocenters. The molecular weight excluding hydrogens is 255 g/mol. The molecular formula is C16H25FN2O. The van der Waals surface area contributed by atoms with E-state index in [1.807, 2.05) is 26.1 Å². The standard InChI is InChI=1S/C16H25FN2O/c1-11(2)18-10-15-16(19(4)7-8-20-15)13-9-12(3)5-6-14(13)17/h5-6,9,11,15-16,18H,7-8,10H2,1-4H3. The second kappa shape index (κ2) is 6.66. The maximum Gasteiger partial charge on any atom is 0.128 e. The molecule has 0 aromatic heterocycles. The maximum atomic E-state index is 14.2. The smallest absolute Gasteiger partial charge is 0.128 e. The highest BCUT2D eigenvalue weighted by atomic mass is 19.1. The number of ether oxygens (including phenoxy) is 1. The van der Waals surface area contributed by atoms with Crippen LogP contribution in [0.2, 0.25) is 0 Å². The first-order valence-corrected chi connectivity index (χ1v) is 7.30. The van der Waals surface area contributed by atoms with Crippen LogP contribution in [0.3, 0.4) is 0 Å². The van der Waals surface area contributed by atoms with Gasteiger partial charge in [-0.05, 0) is 20.0 Å². The van der Waals surface area contributed by atoms with E-state index in [9.17, 15) is 4.39 Å². The lowest BCUT2D eigenvalue weighted by Crippen LogP contribution is -2.48. The van der Waals surface area contributed by atoms with Gasteiger partial charge in [0.1, 0.15) is 5.82 Å². The van der Waals surface area contributed by atoms with Crippen molar-refractivity contribution in [3.8, 4) is 0 Å². The third-order valence-corrected chi connectivity index (χ3v) is 3.80. The summed E-state index contributed by atoms with van der Waals surface area (Å²) in [4.78, 5) is 2.19. The second-order valence-corrected chi connectivity index (χ2v) is 5.92. The van der Waals surface area contributed by atoms with Crippen molar-refractivity contribution in [2.45, 2.75) is 39.0 Å². The van der Waals surface area contributed by atoms with Gasteiger partial charge in [-0.3, -0.25) is 4.90 Å². The van der Waals surface area contributed by atoms with Crippen molar-refractivity contribution in [3.05, 3.63) is 35.1 Å². The van der Waals surface area contributed by atoms with Crippen LogP contribution in [-0.4, -0.2) is 43.8 Å². The SMILES string of the molecule is Cc1ccc(F)c(C2C(CNC(C)C)OCCN2C)c1. The van der Waals surface area contributed by atoms with Crippen molar-refractivity contribution in [2.24, 2.45) is 0 Å². The average Bonchev–Trinajstić information content (AvgIpc) is 2.39. The fourth-order valence-electron chi connectivity index (χ4n) is 2.71. The first-order valence-electron chi connectivity index (χ1n) is 7.30. The van der Waals surface area contributed by atoms with E-state index in [0.717, 1.165) is 24.2 Å². The summed E-state index contributed by atoms with van der Waals surface area (Å²) in [5, 5.41) is 3.40. The number of morpholine rings is 1. The molecule has 112 valence electrons. The Labute approximate surface area is 121 Å². The van der Waals surface area contributed by atoms with Gasteiger partial charge in [-0.1, -0.05) is 31.5 Å². The molecule has 1 aromatic carbocycles. The average molecular weight is 280 g/mol. The minimum Gasteiger partial charge on any atom is -0.374 e. The molecule has 20 heavy (non-hydrogen) atoms. The lowest BCUT2D eigenvalue weighted by Gasteiger charge is -2.40. The monoisotopic (exact) mass is 280 g/mol. The third-order valence-electron chi connectivity index (χ3n) is 3.80. The number of halogens is 1. The van der Waals surface area contributed by atoms with Crippen LogP contribution in [0.1, 0.15) is 31.0 Å². The van der Waals surface area contributed by atoms with Crippen molar-refractivity contribution >= 4 is 0 Å². The molecule has 1 aliphatic rings. The van der Waals surface area contributed by atoms with Gasteiger partial charge in [-0.25, -0.2) is 4.39 Å². The van der Waals surface area contributed by atoms with E-state index in [0.29, 0.717) is 12.6 Å². The highest BCUT2D eigenvalue weighted by molar-refractivity contribution is 5.28. The molecule has 1 saturated heterocycles. The zero-order valence-corrected chi connectivity index (χ0v) is 12.8. The fraction of sp³-hybridized carbons (Fsp3) is 0.625. The highest BCUT2D eigenvalue weighted by Gasteiger charge is 2.33. The minimum absolute atomic E-state index is 0.0209. The number of rotatable bonds is 4. The molecule has 0 amide bonds. The molecule has 1 aliphatic heterocycles. The fourth-order valence-corrected chi connectivity index (χ4v) is 2.71. The predicted octanol–water partition coefficient (Wildman–Crippen LogP) is 2.50. The van der Waals surface area contributed by atoms with E-state index in [4.69, 9.17) is 4.74 Å². The molecule has 1 fully saturated rings. The molecule has 1 aromatic rings. The third kappa shape index (κ3) is 3.57. The summed E-state index contributed by atoms with van der Waals surface area (Å²) in [5.74, 6) is -0.146. The first-order chi connectivity index (χ1) is 9.49. The van der Waals surface area contributed by atoms with Gasteiger partial charge in [0.05, 0.1) is 18.8 Å². The molecule has 1 N–H and O–H groups in total. The summed E-state index contributed by atoms with van der Waals surface area (Å²) in [6.45, 7) is 8.47. The lowest BCUT2D eigenvalue weighted by molar-refractivity contribution is -0.0630. The van der Waals surface area contributed by atoms with Gasteiger partial charge in [-0.2, -0.15) is 0 Å². The van der Waals surface area contributed by atoms with Crippen LogP contribution in [-0.2, 0) is 4.74 Å². The normalized spacial score (nSPS) is 24.3. The first kappa shape index (κ1) is 15.4. The van der Waals surface area contributed by atoms with E-state index in [-0.39, 0.29) is 18.0 Å². The molecule has 3 nitrogen and oxygen atoms in total. The molecule has 2 atom stereocenters. The number of likely N-dealkylation sites (N-methyl/N-ethyl adjacent to an activating group) is 1. The zero-order valence-electron chi connectivity index (χ0n) is 12.8. The van der Waals surface area contributed by atoms with Gasteiger partial charge in [0, 0.05) is 24.7 Å². The Hall–Kier alpha value is -0.970. The summed E-state index contributed by atoms with van der Waals surface area (Å²) in [7, 11) is 2.04. The summed E-state index contributed by atoms with van der Waals surface area (Å²) in [6.07, 6.45) is -0.0209. The Morgan fingerprint density at radius 2 is 2.20 bits per heavy atom. The van der Waals surface area contributed by atoms with Crippen LogP contribution in [0.25, 0.3) is 0 Å². The Bertz CT molecular complexity index is 450. The van der Waals surface area contributed by atoms with Crippen molar-refractivity contribution in [3.63, 3.8) is 0 Å². The molecule has 1 heterocycles. The maximum absolute atomic E-state index is 14.2. The number of benzene rings is 1. The van der Waals surface area contributed by atoms with Crippen molar-refractivity contribution in [1.29, 1.82) is 0 Å². The molecule has 4 heteroatoms. The van der Waals surface area contributed by atoms with E-state index >= 15 is 0 Å². The van der Waals surface area contributed by atoms with Gasteiger partial charge in [0.2, 0.25) is 0 Å². The molecule has 0 saturated carbocycles. The van der Waals surface area contributed by atoms with Crippen LogP contribution in [0.5, 0.6) is 0 Å². The van der Waals surface area contributed by atoms with Crippen LogP contribution in [0.4, 0.5) is 4.39 Å².